The van der Waals surface area contributed by atoms with Crippen molar-refractivity contribution in [3.8, 4) is 11.4 Å². The van der Waals surface area contributed by atoms with Gasteiger partial charge in [-0.15, -0.1) is 0 Å². The zero-order valence-corrected chi connectivity index (χ0v) is 14.6. The topological polar surface area (TPSA) is 80.1 Å². The molecule has 1 fully saturated rings. The number of benzene rings is 2. The Labute approximate surface area is 154 Å². The summed E-state index contributed by atoms with van der Waals surface area (Å²) in [7, 11) is 0. The van der Waals surface area contributed by atoms with Crippen molar-refractivity contribution in [3.63, 3.8) is 0 Å². The Bertz CT molecular complexity index is 1150. The van der Waals surface area contributed by atoms with E-state index in [2.05, 4.69) is 27.0 Å². The highest BCUT2D eigenvalue weighted by Crippen LogP contribution is 2.32. The summed E-state index contributed by atoms with van der Waals surface area (Å²) in [5, 5.41) is 0.585. The highest BCUT2D eigenvalue weighted by Gasteiger charge is 2.15. The van der Waals surface area contributed by atoms with Crippen molar-refractivity contribution >= 4 is 33.3 Å². The van der Waals surface area contributed by atoms with Crippen LogP contribution in [0.1, 0.15) is 0 Å². The molecule has 0 bridgehead atoms. The van der Waals surface area contributed by atoms with Crippen LogP contribution in [0, 0.1) is 5.82 Å². The second kappa shape index (κ2) is 6.21. The van der Waals surface area contributed by atoms with Gasteiger partial charge in [0.05, 0.1) is 41.0 Å². The van der Waals surface area contributed by atoms with Gasteiger partial charge in [0.1, 0.15) is 11.6 Å². The van der Waals surface area contributed by atoms with Crippen LogP contribution in [0.3, 0.4) is 0 Å². The Hall–Kier alpha value is -3.19. The molecular weight excluding hydrogens is 345 g/mol. The largest absolute Gasteiger partial charge is 0.398 e. The van der Waals surface area contributed by atoms with E-state index in [9.17, 15) is 4.39 Å². The van der Waals surface area contributed by atoms with Gasteiger partial charge in [0.2, 0.25) is 0 Å². The number of rotatable bonds is 2. The van der Waals surface area contributed by atoms with Crippen molar-refractivity contribution in [1.29, 1.82) is 0 Å². The van der Waals surface area contributed by atoms with Crippen molar-refractivity contribution in [2.45, 2.75) is 0 Å². The van der Waals surface area contributed by atoms with E-state index >= 15 is 0 Å². The number of halogens is 1. The van der Waals surface area contributed by atoms with Crippen LogP contribution in [0.4, 0.5) is 15.8 Å². The number of nitrogens with zero attached hydrogens (tertiary/aromatic N) is 3. The minimum atomic E-state index is -0.340. The number of nitrogens with two attached hydrogens (primary N) is 1. The van der Waals surface area contributed by atoms with Crippen molar-refractivity contribution in [3.05, 3.63) is 48.4 Å². The molecule has 136 valence electrons. The second-order valence-corrected chi connectivity index (χ2v) is 6.63. The first-order valence-corrected chi connectivity index (χ1v) is 8.85. The molecule has 4 aromatic rings. The molecule has 0 unspecified atom stereocenters. The fourth-order valence-electron chi connectivity index (χ4n) is 3.51. The van der Waals surface area contributed by atoms with Gasteiger partial charge in [0, 0.05) is 30.4 Å². The number of aromatic amines is 1. The van der Waals surface area contributed by atoms with Crippen LogP contribution in [-0.4, -0.2) is 41.3 Å². The molecule has 1 saturated heterocycles. The molecule has 1 aliphatic rings. The third kappa shape index (κ3) is 2.76. The number of H-pyrrole nitrogens is 1. The molecule has 6 nitrogen and oxygen atoms in total. The van der Waals surface area contributed by atoms with Crippen molar-refractivity contribution < 1.29 is 9.13 Å². The second-order valence-electron chi connectivity index (χ2n) is 6.63. The van der Waals surface area contributed by atoms with Crippen LogP contribution in [-0.2, 0) is 4.74 Å². The molecule has 0 atom stereocenters. The number of hydrogen-bond donors (Lipinski definition) is 2. The maximum Gasteiger partial charge on any atom is 0.142 e. The minimum absolute atomic E-state index is 0.340. The molecule has 2 aromatic carbocycles. The molecule has 5 rings (SSSR count). The third-order valence-electron chi connectivity index (χ3n) is 4.97. The zero-order valence-electron chi connectivity index (χ0n) is 14.6. The average Bonchev–Trinajstić information content (AvgIpc) is 3.12. The molecule has 0 radical (unpaired) electrons. The monoisotopic (exact) mass is 363 g/mol. The molecule has 1 aliphatic heterocycles. The van der Waals surface area contributed by atoms with E-state index in [1.165, 1.54) is 12.1 Å². The van der Waals surface area contributed by atoms with E-state index < -0.39 is 0 Å². The summed E-state index contributed by atoms with van der Waals surface area (Å²) in [6.45, 7) is 3.21. The predicted molar refractivity (Wildman–Crippen MR) is 104 cm³/mol. The number of fused-ring (bicyclic) bond motifs is 2. The minimum Gasteiger partial charge on any atom is -0.398 e. The lowest BCUT2D eigenvalue weighted by molar-refractivity contribution is 0.122. The number of hydrogen-bond acceptors (Lipinski definition) is 5. The Morgan fingerprint density at radius 2 is 1.93 bits per heavy atom. The molecule has 7 heteroatoms. The van der Waals surface area contributed by atoms with Crippen LogP contribution < -0.4 is 10.6 Å². The lowest BCUT2D eigenvalue weighted by atomic mass is 10.1. The lowest BCUT2D eigenvalue weighted by Crippen LogP contribution is -2.36. The summed E-state index contributed by atoms with van der Waals surface area (Å²) < 4.78 is 19.0. The first kappa shape index (κ1) is 16.0. The van der Waals surface area contributed by atoms with Crippen molar-refractivity contribution in [2.75, 3.05) is 36.9 Å². The number of pyridine rings is 1. The summed E-state index contributed by atoms with van der Waals surface area (Å²) in [6.07, 6.45) is 1.68. The van der Waals surface area contributed by atoms with Crippen LogP contribution in [0.2, 0.25) is 0 Å². The maximum absolute atomic E-state index is 13.6. The SMILES string of the molecule is Nc1c(-c2nc3cc(N4CCOCC4)ccc3[nH]2)cnc2ccc(F)cc12. The Balaban J connectivity index is 1.59. The fraction of sp³-hybridized carbons (Fsp3) is 0.200. The van der Waals surface area contributed by atoms with E-state index in [1.54, 1.807) is 12.3 Å². The van der Waals surface area contributed by atoms with E-state index in [1.807, 2.05) is 6.07 Å². The number of anilines is 2. The number of nitrogens with one attached hydrogen (secondary N) is 1. The number of morpholine rings is 1. The molecule has 2 aromatic heterocycles. The quantitative estimate of drug-likeness (QED) is 0.571. The summed E-state index contributed by atoms with van der Waals surface area (Å²) in [5.41, 5.74) is 11.0. The van der Waals surface area contributed by atoms with Crippen molar-refractivity contribution in [2.24, 2.45) is 0 Å². The highest BCUT2D eigenvalue weighted by molar-refractivity contribution is 5.98. The first-order valence-electron chi connectivity index (χ1n) is 8.85. The number of nitrogen functional groups attached to an aromatic ring is 1. The lowest BCUT2D eigenvalue weighted by Gasteiger charge is -2.28. The summed E-state index contributed by atoms with van der Waals surface area (Å²) in [5.74, 6) is 0.285. The van der Waals surface area contributed by atoms with Gasteiger partial charge in [0.25, 0.3) is 0 Å². The molecule has 27 heavy (non-hydrogen) atoms. The molecule has 3 N–H and O–H groups in total. The zero-order chi connectivity index (χ0) is 18.4. The van der Waals surface area contributed by atoms with Crippen LogP contribution in [0.15, 0.2) is 42.6 Å². The number of ether oxygens (including phenoxy) is 1. The standard InChI is InChI=1S/C20H18FN5O/c21-12-1-3-16-14(9-12)19(22)15(11-23-16)20-24-17-4-2-13(10-18(17)25-20)26-5-7-27-8-6-26/h1-4,9-11H,5-8H2,(H2,22,23)(H,24,25). The van der Waals surface area contributed by atoms with Crippen LogP contribution >= 0.6 is 0 Å². The average molecular weight is 363 g/mol. The molecule has 0 saturated carbocycles. The van der Waals surface area contributed by atoms with Crippen LogP contribution in [0.25, 0.3) is 33.3 Å². The summed E-state index contributed by atoms with van der Waals surface area (Å²) >= 11 is 0. The normalized spacial score (nSPS) is 14.9. The van der Waals surface area contributed by atoms with E-state index in [0.29, 0.717) is 28.0 Å². The fourth-order valence-corrected chi connectivity index (χ4v) is 3.51. The highest BCUT2D eigenvalue weighted by atomic mass is 19.1. The molecule has 0 spiro atoms. The Morgan fingerprint density at radius 3 is 2.78 bits per heavy atom. The van der Waals surface area contributed by atoms with E-state index in [0.717, 1.165) is 43.0 Å². The summed E-state index contributed by atoms with van der Waals surface area (Å²) in [6, 6.07) is 10.6. The van der Waals surface area contributed by atoms with Gasteiger partial charge in [-0.3, -0.25) is 4.98 Å². The third-order valence-corrected chi connectivity index (χ3v) is 4.97. The van der Waals surface area contributed by atoms with Crippen LogP contribution in [0.5, 0.6) is 0 Å². The van der Waals surface area contributed by atoms with E-state index in [-0.39, 0.29) is 5.82 Å². The Kier molecular flexibility index (Phi) is 3.68. The predicted octanol–water partition coefficient (Wildman–Crippen LogP) is 3.34. The van der Waals surface area contributed by atoms with E-state index in [4.69, 9.17) is 15.5 Å². The number of imidazole rings is 1. The smallest absolute Gasteiger partial charge is 0.142 e. The molecular formula is C20H18FN5O. The van der Waals surface area contributed by atoms with Gasteiger partial charge in [0.15, 0.2) is 0 Å². The van der Waals surface area contributed by atoms with Crippen molar-refractivity contribution in [1.82, 2.24) is 15.0 Å². The van der Waals surface area contributed by atoms with Gasteiger partial charge in [-0.1, -0.05) is 0 Å². The maximum atomic E-state index is 13.6. The van der Waals surface area contributed by atoms with Gasteiger partial charge in [-0.25, -0.2) is 9.37 Å². The molecule has 0 aliphatic carbocycles. The molecule has 0 amide bonds. The Morgan fingerprint density at radius 1 is 1.07 bits per heavy atom. The number of aromatic nitrogens is 3. The van der Waals surface area contributed by atoms with Gasteiger partial charge >= 0.3 is 0 Å². The van der Waals surface area contributed by atoms with Gasteiger partial charge < -0.3 is 20.4 Å². The summed E-state index contributed by atoms with van der Waals surface area (Å²) in [4.78, 5) is 14.7. The molecule has 3 heterocycles. The van der Waals surface area contributed by atoms with Gasteiger partial charge in [-0.05, 0) is 36.4 Å². The first-order chi connectivity index (χ1) is 13.2. The van der Waals surface area contributed by atoms with Gasteiger partial charge in [-0.2, -0.15) is 0 Å².